The minimum atomic E-state index is 0.0578. The van der Waals surface area contributed by atoms with Crippen molar-refractivity contribution in [1.29, 1.82) is 0 Å². The number of rotatable bonds is 7. The third kappa shape index (κ3) is 5.81. The summed E-state index contributed by atoms with van der Waals surface area (Å²) in [5, 5.41) is 9.65. The van der Waals surface area contributed by atoms with Gasteiger partial charge in [0, 0.05) is 20.2 Å². The molecule has 5 heteroatoms. The van der Waals surface area contributed by atoms with E-state index in [9.17, 15) is 4.79 Å². The average Bonchev–Trinajstić information content (AvgIpc) is 2.38. The Labute approximate surface area is 124 Å². The van der Waals surface area contributed by atoms with E-state index in [2.05, 4.69) is 0 Å². The molecule has 0 aliphatic rings. The van der Waals surface area contributed by atoms with E-state index in [-0.39, 0.29) is 12.5 Å². The van der Waals surface area contributed by atoms with Crippen LogP contribution >= 0.6 is 23.2 Å². The van der Waals surface area contributed by atoms with Gasteiger partial charge in [0.05, 0.1) is 16.5 Å². The van der Waals surface area contributed by atoms with E-state index in [0.717, 1.165) is 24.8 Å². The molecule has 0 unspecified atom stereocenters. The maximum atomic E-state index is 12.0. The van der Waals surface area contributed by atoms with Gasteiger partial charge in [-0.1, -0.05) is 29.3 Å². The van der Waals surface area contributed by atoms with Crippen molar-refractivity contribution in [2.24, 2.45) is 0 Å². The number of halogens is 2. The van der Waals surface area contributed by atoms with Crippen molar-refractivity contribution < 1.29 is 9.90 Å². The lowest BCUT2D eigenvalue weighted by atomic mass is 10.1. The molecule has 19 heavy (non-hydrogen) atoms. The van der Waals surface area contributed by atoms with Gasteiger partial charge < -0.3 is 10.0 Å². The van der Waals surface area contributed by atoms with E-state index in [4.69, 9.17) is 28.3 Å². The second kappa shape index (κ2) is 8.41. The second-order valence-electron chi connectivity index (χ2n) is 4.52. The van der Waals surface area contributed by atoms with Crippen LogP contribution in [0.4, 0.5) is 0 Å². The molecule has 0 aliphatic heterocycles. The third-order valence-electron chi connectivity index (χ3n) is 2.92. The number of likely N-dealkylation sites (N-methyl/N-ethyl adjacent to an activating group) is 1. The largest absolute Gasteiger partial charge is 0.396 e. The molecule has 0 atom stereocenters. The summed E-state index contributed by atoms with van der Waals surface area (Å²) in [7, 11) is 1.79. The first-order valence-electron chi connectivity index (χ1n) is 6.33. The number of nitrogens with zero attached hydrogens (tertiary/aromatic N) is 1. The van der Waals surface area contributed by atoms with Gasteiger partial charge in [-0.25, -0.2) is 0 Å². The smallest absolute Gasteiger partial charge is 0.226 e. The summed E-state index contributed by atoms with van der Waals surface area (Å²) in [6.45, 7) is 0.918. The summed E-state index contributed by atoms with van der Waals surface area (Å²) in [4.78, 5) is 13.7. The number of unbranched alkanes of at least 4 members (excludes halogenated alkanes) is 2. The molecule has 1 N–H and O–H groups in total. The van der Waals surface area contributed by atoms with Gasteiger partial charge in [0.1, 0.15) is 0 Å². The highest BCUT2D eigenvalue weighted by Gasteiger charge is 2.10. The second-order valence-corrected chi connectivity index (χ2v) is 5.34. The zero-order valence-corrected chi connectivity index (χ0v) is 12.5. The fourth-order valence-electron chi connectivity index (χ4n) is 1.72. The van der Waals surface area contributed by atoms with E-state index < -0.39 is 0 Å². The van der Waals surface area contributed by atoms with Crippen molar-refractivity contribution in [2.45, 2.75) is 25.7 Å². The fraction of sp³-hybridized carbons (Fsp3) is 0.500. The molecule has 1 rings (SSSR count). The molecule has 0 spiro atoms. The van der Waals surface area contributed by atoms with Gasteiger partial charge in [0.2, 0.25) is 5.91 Å². The monoisotopic (exact) mass is 303 g/mol. The zero-order valence-electron chi connectivity index (χ0n) is 11.0. The van der Waals surface area contributed by atoms with Gasteiger partial charge in [-0.15, -0.1) is 0 Å². The van der Waals surface area contributed by atoms with Crippen LogP contribution in [0.1, 0.15) is 24.8 Å². The normalized spacial score (nSPS) is 10.5. The van der Waals surface area contributed by atoms with Crippen LogP contribution in [0.3, 0.4) is 0 Å². The quantitative estimate of drug-likeness (QED) is 0.786. The molecule has 0 heterocycles. The molecule has 1 aromatic rings. The van der Waals surface area contributed by atoms with E-state index >= 15 is 0 Å². The molecule has 0 aromatic heterocycles. The van der Waals surface area contributed by atoms with Crippen LogP contribution in [0.5, 0.6) is 0 Å². The number of hydrogen-bond acceptors (Lipinski definition) is 2. The van der Waals surface area contributed by atoms with E-state index in [1.807, 2.05) is 6.07 Å². The van der Waals surface area contributed by atoms with E-state index in [1.54, 1.807) is 24.1 Å². The summed E-state index contributed by atoms with van der Waals surface area (Å²) >= 11 is 11.7. The number of aliphatic hydroxyl groups excluding tert-OH is 1. The molecule has 0 fully saturated rings. The fourth-order valence-corrected chi connectivity index (χ4v) is 2.04. The SMILES string of the molecule is CN(CCCCCO)C(=O)Cc1ccc(Cl)c(Cl)c1. The predicted molar refractivity (Wildman–Crippen MR) is 78.7 cm³/mol. The van der Waals surface area contributed by atoms with Crippen LogP contribution < -0.4 is 0 Å². The number of benzene rings is 1. The number of carbonyl (C=O) groups is 1. The lowest BCUT2D eigenvalue weighted by Crippen LogP contribution is -2.29. The summed E-state index contributed by atoms with van der Waals surface area (Å²) in [5.74, 6) is 0.0578. The molecular weight excluding hydrogens is 285 g/mol. The van der Waals surface area contributed by atoms with Gasteiger partial charge >= 0.3 is 0 Å². The summed E-state index contributed by atoms with van der Waals surface area (Å²) < 4.78 is 0. The summed E-state index contributed by atoms with van der Waals surface area (Å²) in [6, 6.07) is 5.24. The van der Waals surface area contributed by atoms with E-state index in [1.165, 1.54) is 0 Å². The van der Waals surface area contributed by atoms with Crippen LogP contribution in [0.15, 0.2) is 18.2 Å². The Bertz CT molecular complexity index is 424. The molecule has 0 saturated carbocycles. The lowest BCUT2D eigenvalue weighted by Gasteiger charge is -2.17. The van der Waals surface area contributed by atoms with Gasteiger partial charge in [0.25, 0.3) is 0 Å². The highest BCUT2D eigenvalue weighted by Crippen LogP contribution is 2.22. The summed E-state index contributed by atoms with van der Waals surface area (Å²) in [5.41, 5.74) is 0.863. The molecule has 1 aromatic carbocycles. The molecule has 106 valence electrons. The predicted octanol–water partition coefficient (Wildman–Crippen LogP) is 3.16. The average molecular weight is 304 g/mol. The van der Waals surface area contributed by atoms with Crippen molar-refractivity contribution >= 4 is 29.1 Å². The number of aliphatic hydroxyl groups is 1. The van der Waals surface area contributed by atoms with Crippen molar-refractivity contribution in [3.05, 3.63) is 33.8 Å². The maximum Gasteiger partial charge on any atom is 0.226 e. The first-order valence-corrected chi connectivity index (χ1v) is 7.09. The highest BCUT2D eigenvalue weighted by molar-refractivity contribution is 6.42. The Morgan fingerprint density at radius 2 is 1.95 bits per heavy atom. The van der Waals surface area contributed by atoms with Crippen LogP contribution in [0.2, 0.25) is 10.0 Å². The minimum absolute atomic E-state index is 0.0578. The highest BCUT2D eigenvalue weighted by atomic mass is 35.5. The Kier molecular flexibility index (Phi) is 7.21. The Morgan fingerprint density at radius 1 is 1.21 bits per heavy atom. The maximum absolute atomic E-state index is 12.0. The molecule has 0 radical (unpaired) electrons. The Hall–Kier alpha value is -0.770. The third-order valence-corrected chi connectivity index (χ3v) is 3.66. The minimum Gasteiger partial charge on any atom is -0.396 e. The Balaban J connectivity index is 2.42. The van der Waals surface area contributed by atoms with Crippen molar-refractivity contribution in [3.8, 4) is 0 Å². The number of hydrogen-bond donors (Lipinski definition) is 1. The van der Waals surface area contributed by atoms with Crippen LogP contribution in [0, 0.1) is 0 Å². The molecular formula is C14H19Cl2NO2. The van der Waals surface area contributed by atoms with Crippen molar-refractivity contribution in [1.82, 2.24) is 4.90 Å². The molecule has 3 nitrogen and oxygen atoms in total. The lowest BCUT2D eigenvalue weighted by molar-refractivity contribution is -0.129. The molecule has 0 saturated heterocycles. The van der Waals surface area contributed by atoms with Crippen LogP contribution in [-0.2, 0) is 11.2 Å². The zero-order chi connectivity index (χ0) is 14.3. The van der Waals surface area contributed by atoms with Crippen molar-refractivity contribution in [2.75, 3.05) is 20.2 Å². The van der Waals surface area contributed by atoms with Gasteiger partial charge in [-0.2, -0.15) is 0 Å². The van der Waals surface area contributed by atoms with Crippen LogP contribution in [0.25, 0.3) is 0 Å². The van der Waals surface area contributed by atoms with Gasteiger partial charge in [0.15, 0.2) is 0 Å². The first-order chi connectivity index (χ1) is 9.04. The van der Waals surface area contributed by atoms with Crippen LogP contribution in [-0.4, -0.2) is 36.1 Å². The standard InChI is InChI=1S/C14H19Cl2NO2/c1-17(7-3-2-4-8-18)14(19)10-11-5-6-12(15)13(16)9-11/h5-6,9,18H,2-4,7-8,10H2,1H3. The molecule has 0 bridgehead atoms. The van der Waals surface area contributed by atoms with Crippen molar-refractivity contribution in [3.63, 3.8) is 0 Å². The number of carbonyl (C=O) groups excluding carboxylic acids is 1. The Morgan fingerprint density at radius 3 is 2.58 bits per heavy atom. The molecule has 0 aliphatic carbocycles. The van der Waals surface area contributed by atoms with E-state index in [0.29, 0.717) is 23.0 Å². The first kappa shape index (κ1) is 16.3. The summed E-state index contributed by atoms with van der Waals surface area (Å²) in [6.07, 6.45) is 2.95. The molecule has 1 amide bonds. The van der Waals surface area contributed by atoms with Gasteiger partial charge in [-0.3, -0.25) is 4.79 Å². The van der Waals surface area contributed by atoms with Gasteiger partial charge in [-0.05, 0) is 37.0 Å². The topological polar surface area (TPSA) is 40.5 Å². The number of amides is 1.